The maximum Gasteiger partial charge on any atom is 0.0802 e. The Morgan fingerprint density at radius 1 is 1.55 bits per heavy atom. The predicted octanol–water partition coefficient (Wildman–Crippen LogP) is 2.81. The van der Waals surface area contributed by atoms with E-state index >= 15 is 0 Å². The van der Waals surface area contributed by atoms with Crippen LogP contribution in [0, 0.1) is 0 Å². The Hall–Kier alpha value is 0.170. The van der Waals surface area contributed by atoms with Crippen LogP contribution in [0.25, 0.3) is 0 Å². The number of hydrogen-bond donors (Lipinski definition) is 0. The maximum atomic E-state index is 5.60. The highest BCUT2D eigenvalue weighted by atomic mass is 127. The molecule has 11 heavy (non-hydrogen) atoms. The Balaban J connectivity index is 2.10. The molecule has 0 amide bonds. The molecule has 0 N–H and O–H groups in total. The molecule has 60 valence electrons. The van der Waals surface area contributed by atoms with Gasteiger partial charge in [0.05, 0.1) is 6.10 Å². The second-order valence-electron chi connectivity index (χ2n) is 2.98. The zero-order valence-corrected chi connectivity index (χ0v) is 8.50. The standard InChI is InChI=1S/C9H11IO/c10-8-4-1-3-7(8)9-5-2-6-11-9/h1,4,9H,2-3,5-6H2. The van der Waals surface area contributed by atoms with E-state index in [4.69, 9.17) is 4.74 Å². The molecule has 1 aliphatic carbocycles. The van der Waals surface area contributed by atoms with E-state index in [1.807, 2.05) is 0 Å². The van der Waals surface area contributed by atoms with E-state index in [1.54, 1.807) is 0 Å². The average molecular weight is 262 g/mol. The van der Waals surface area contributed by atoms with E-state index in [1.165, 1.54) is 22.0 Å². The Kier molecular flexibility index (Phi) is 2.32. The fourth-order valence-electron chi connectivity index (χ4n) is 1.63. The Bertz CT molecular complexity index is 212. The minimum absolute atomic E-state index is 0.442. The van der Waals surface area contributed by atoms with Gasteiger partial charge >= 0.3 is 0 Å². The van der Waals surface area contributed by atoms with Gasteiger partial charge in [-0.15, -0.1) is 0 Å². The largest absolute Gasteiger partial charge is 0.374 e. The van der Waals surface area contributed by atoms with Crippen LogP contribution in [0.15, 0.2) is 21.3 Å². The van der Waals surface area contributed by atoms with E-state index in [9.17, 15) is 0 Å². The van der Waals surface area contributed by atoms with Crippen molar-refractivity contribution < 1.29 is 4.74 Å². The van der Waals surface area contributed by atoms with Crippen LogP contribution < -0.4 is 0 Å². The second-order valence-corrected chi connectivity index (χ2v) is 4.14. The van der Waals surface area contributed by atoms with Gasteiger partial charge in [0.2, 0.25) is 0 Å². The zero-order valence-electron chi connectivity index (χ0n) is 6.35. The lowest BCUT2D eigenvalue weighted by molar-refractivity contribution is 0.136. The van der Waals surface area contributed by atoms with Crippen LogP contribution in [0.1, 0.15) is 19.3 Å². The van der Waals surface area contributed by atoms with Crippen LogP contribution in [-0.4, -0.2) is 12.7 Å². The highest BCUT2D eigenvalue weighted by molar-refractivity contribution is 14.1. The van der Waals surface area contributed by atoms with E-state index in [-0.39, 0.29) is 0 Å². The molecule has 2 rings (SSSR count). The summed E-state index contributed by atoms with van der Waals surface area (Å²) in [6.45, 7) is 0.956. The van der Waals surface area contributed by atoms with E-state index < -0.39 is 0 Å². The molecule has 0 spiro atoms. The molecule has 0 aromatic rings. The van der Waals surface area contributed by atoms with Gasteiger partial charge in [-0.3, -0.25) is 0 Å². The van der Waals surface area contributed by atoms with Crippen molar-refractivity contribution in [3.05, 3.63) is 21.3 Å². The molecule has 0 aromatic carbocycles. The Morgan fingerprint density at radius 3 is 3.00 bits per heavy atom. The summed E-state index contributed by atoms with van der Waals surface area (Å²) in [4.78, 5) is 0. The normalized spacial score (nSPS) is 30.5. The molecule has 0 bridgehead atoms. The van der Waals surface area contributed by atoms with Crippen molar-refractivity contribution >= 4 is 22.6 Å². The first-order valence-electron chi connectivity index (χ1n) is 4.04. The number of allylic oxidation sites excluding steroid dienone is 3. The molecule has 0 aromatic heterocycles. The Morgan fingerprint density at radius 2 is 2.45 bits per heavy atom. The summed E-state index contributed by atoms with van der Waals surface area (Å²) in [5.74, 6) is 0. The third kappa shape index (κ3) is 1.51. The van der Waals surface area contributed by atoms with Crippen molar-refractivity contribution in [1.29, 1.82) is 0 Å². The quantitative estimate of drug-likeness (QED) is 0.660. The SMILES string of the molecule is IC1=C(C2CCCO2)CC=C1. The molecule has 2 aliphatic rings. The molecule has 0 radical (unpaired) electrons. The van der Waals surface area contributed by atoms with Crippen LogP contribution in [0.2, 0.25) is 0 Å². The van der Waals surface area contributed by atoms with Crippen molar-refractivity contribution in [3.8, 4) is 0 Å². The maximum absolute atomic E-state index is 5.60. The summed E-state index contributed by atoms with van der Waals surface area (Å²) in [6, 6.07) is 0. The smallest absolute Gasteiger partial charge is 0.0802 e. The van der Waals surface area contributed by atoms with Gasteiger partial charge in [0.25, 0.3) is 0 Å². The molecule has 1 saturated heterocycles. The summed E-state index contributed by atoms with van der Waals surface area (Å²) >= 11 is 2.40. The zero-order chi connectivity index (χ0) is 7.68. The highest BCUT2D eigenvalue weighted by Crippen LogP contribution is 2.32. The van der Waals surface area contributed by atoms with Crippen LogP contribution in [0.5, 0.6) is 0 Å². The monoisotopic (exact) mass is 262 g/mol. The minimum atomic E-state index is 0.442. The summed E-state index contributed by atoms with van der Waals surface area (Å²) < 4.78 is 7.00. The van der Waals surface area contributed by atoms with Crippen molar-refractivity contribution in [1.82, 2.24) is 0 Å². The molecule has 1 unspecified atom stereocenters. The molecule has 1 atom stereocenters. The summed E-state index contributed by atoms with van der Waals surface area (Å²) in [5, 5.41) is 0. The lowest BCUT2D eigenvalue weighted by Gasteiger charge is -2.10. The second kappa shape index (κ2) is 3.27. The van der Waals surface area contributed by atoms with E-state index in [2.05, 4.69) is 34.7 Å². The third-order valence-corrected chi connectivity index (χ3v) is 3.28. The summed E-state index contributed by atoms with van der Waals surface area (Å²) in [6.07, 6.45) is 8.43. The first-order valence-corrected chi connectivity index (χ1v) is 5.12. The summed E-state index contributed by atoms with van der Waals surface area (Å²) in [5.41, 5.74) is 1.50. The van der Waals surface area contributed by atoms with Gasteiger partial charge in [-0.25, -0.2) is 0 Å². The fourth-order valence-corrected chi connectivity index (χ4v) is 2.45. The van der Waals surface area contributed by atoms with Gasteiger partial charge in [-0.2, -0.15) is 0 Å². The topological polar surface area (TPSA) is 9.23 Å². The number of hydrogen-bond acceptors (Lipinski definition) is 1. The van der Waals surface area contributed by atoms with Crippen molar-refractivity contribution in [2.24, 2.45) is 0 Å². The van der Waals surface area contributed by atoms with Gasteiger partial charge in [0.15, 0.2) is 0 Å². The number of halogens is 1. The fraction of sp³-hybridized carbons (Fsp3) is 0.556. The van der Waals surface area contributed by atoms with Gasteiger partial charge in [0, 0.05) is 10.2 Å². The van der Waals surface area contributed by atoms with Crippen LogP contribution in [0.3, 0.4) is 0 Å². The number of ether oxygens (including phenoxy) is 1. The molecule has 2 heteroatoms. The third-order valence-electron chi connectivity index (χ3n) is 2.23. The predicted molar refractivity (Wildman–Crippen MR) is 53.8 cm³/mol. The minimum Gasteiger partial charge on any atom is -0.374 e. The van der Waals surface area contributed by atoms with Gasteiger partial charge in [0.1, 0.15) is 0 Å². The molecule has 0 saturated carbocycles. The van der Waals surface area contributed by atoms with Crippen molar-refractivity contribution in [2.75, 3.05) is 6.61 Å². The Labute approximate surface area is 80.6 Å². The molecule has 1 fully saturated rings. The first kappa shape index (κ1) is 7.80. The molecule has 1 aliphatic heterocycles. The molecular weight excluding hydrogens is 251 g/mol. The highest BCUT2D eigenvalue weighted by Gasteiger charge is 2.22. The average Bonchev–Trinajstić information content (AvgIpc) is 2.55. The van der Waals surface area contributed by atoms with Crippen molar-refractivity contribution in [2.45, 2.75) is 25.4 Å². The molecule has 1 heterocycles. The van der Waals surface area contributed by atoms with E-state index in [0.717, 1.165) is 13.0 Å². The van der Waals surface area contributed by atoms with Gasteiger partial charge in [-0.1, -0.05) is 12.2 Å². The number of rotatable bonds is 1. The first-order chi connectivity index (χ1) is 5.38. The molecular formula is C9H11IO. The lowest BCUT2D eigenvalue weighted by atomic mass is 10.1. The molecule has 1 nitrogen and oxygen atoms in total. The lowest BCUT2D eigenvalue weighted by Crippen LogP contribution is -2.07. The van der Waals surface area contributed by atoms with Crippen molar-refractivity contribution in [3.63, 3.8) is 0 Å². The van der Waals surface area contributed by atoms with Gasteiger partial charge in [-0.05, 0) is 47.4 Å². The summed E-state index contributed by atoms with van der Waals surface area (Å²) in [7, 11) is 0. The van der Waals surface area contributed by atoms with Crippen LogP contribution in [-0.2, 0) is 4.74 Å². The van der Waals surface area contributed by atoms with E-state index in [0.29, 0.717) is 6.10 Å². The van der Waals surface area contributed by atoms with Crippen LogP contribution >= 0.6 is 22.6 Å². The van der Waals surface area contributed by atoms with Gasteiger partial charge < -0.3 is 4.74 Å². The van der Waals surface area contributed by atoms with Crippen LogP contribution in [0.4, 0.5) is 0 Å².